The minimum Gasteiger partial charge on any atom is -0.394 e. The van der Waals surface area contributed by atoms with E-state index in [1.165, 1.54) is 0 Å². The Morgan fingerprint density at radius 3 is 2.45 bits per heavy atom. The molecule has 0 aromatic rings. The largest absolute Gasteiger partial charge is 0.394 e. The van der Waals surface area contributed by atoms with E-state index >= 15 is 0 Å². The molecule has 3 N–H and O–H groups in total. The van der Waals surface area contributed by atoms with Gasteiger partial charge in [0.2, 0.25) is 0 Å². The fourth-order valence-corrected chi connectivity index (χ4v) is 1.02. The standard InChI is InChI=1S/C6H12O4.CH4/c7-3-5-6(9)4(8)1-2-10-5;/h4-9H,1-3H2;1H4. The average Bonchev–Trinajstić information content (AvgIpc) is 1.95. The fraction of sp³-hybridized carbons (Fsp3) is 1.00. The van der Waals surface area contributed by atoms with Crippen molar-refractivity contribution in [3.8, 4) is 0 Å². The van der Waals surface area contributed by atoms with Crippen molar-refractivity contribution in [2.24, 2.45) is 0 Å². The molecular formula is C7H16O4. The van der Waals surface area contributed by atoms with Gasteiger partial charge in [0, 0.05) is 6.61 Å². The molecule has 1 rings (SSSR count). The second-order valence-corrected chi connectivity index (χ2v) is 2.44. The third kappa shape index (κ3) is 2.41. The lowest BCUT2D eigenvalue weighted by molar-refractivity contribution is -0.147. The van der Waals surface area contributed by atoms with Crippen molar-refractivity contribution in [2.75, 3.05) is 13.2 Å². The summed E-state index contributed by atoms with van der Waals surface area (Å²) in [6.45, 7) is 0.168. The Bertz CT molecular complexity index is 107. The molecular weight excluding hydrogens is 148 g/mol. The Morgan fingerprint density at radius 2 is 2.00 bits per heavy atom. The SMILES string of the molecule is C.OCC1OCCC(O)C1O. The molecule has 68 valence electrons. The highest BCUT2D eigenvalue weighted by molar-refractivity contribution is 4.79. The maximum Gasteiger partial charge on any atom is 0.109 e. The van der Waals surface area contributed by atoms with Crippen molar-refractivity contribution in [2.45, 2.75) is 32.2 Å². The zero-order valence-corrected chi connectivity index (χ0v) is 5.60. The summed E-state index contributed by atoms with van der Waals surface area (Å²) in [5.74, 6) is 0. The quantitative estimate of drug-likeness (QED) is 0.471. The molecule has 1 fully saturated rings. The zero-order chi connectivity index (χ0) is 7.56. The van der Waals surface area contributed by atoms with Crippen LogP contribution >= 0.6 is 0 Å². The average molecular weight is 164 g/mol. The molecule has 1 saturated heterocycles. The number of hydrogen-bond donors (Lipinski definition) is 3. The van der Waals surface area contributed by atoms with Gasteiger partial charge in [0.15, 0.2) is 0 Å². The molecule has 1 aliphatic rings. The van der Waals surface area contributed by atoms with Crippen molar-refractivity contribution < 1.29 is 20.1 Å². The molecule has 0 aliphatic carbocycles. The molecule has 3 atom stereocenters. The summed E-state index contributed by atoms with van der Waals surface area (Å²) in [4.78, 5) is 0. The molecule has 0 aromatic carbocycles. The molecule has 0 bridgehead atoms. The molecule has 0 aromatic heterocycles. The Labute approximate surface area is 66.4 Å². The predicted octanol–water partition coefficient (Wildman–Crippen LogP) is -0.875. The normalized spacial score (nSPS) is 37.9. The Hall–Kier alpha value is -0.160. The van der Waals surface area contributed by atoms with Crippen molar-refractivity contribution >= 4 is 0 Å². The van der Waals surface area contributed by atoms with Crippen molar-refractivity contribution in [1.82, 2.24) is 0 Å². The topological polar surface area (TPSA) is 69.9 Å². The number of aliphatic hydroxyl groups excluding tert-OH is 3. The first-order chi connectivity index (χ1) is 4.75. The van der Waals surface area contributed by atoms with E-state index < -0.39 is 18.3 Å². The lowest BCUT2D eigenvalue weighted by atomic mass is 10.0. The summed E-state index contributed by atoms with van der Waals surface area (Å²) in [6.07, 6.45) is -1.84. The van der Waals surface area contributed by atoms with Gasteiger partial charge in [-0.2, -0.15) is 0 Å². The highest BCUT2D eigenvalue weighted by atomic mass is 16.5. The van der Waals surface area contributed by atoms with Crippen LogP contribution in [0.2, 0.25) is 0 Å². The van der Waals surface area contributed by atoms with Crippen LogP contribution in [0.15, 0.2) is 0 Å². The highest BCUT2D eigenvalue weighted by Gasteiger charge is 2.30. The van der Waals surface area contributed by atoms with Gasteiger partial charge in [-0.25, -0.2) is 0 Å². The molecule has 11 heavy (non-hydrogen) atoms. The minimum absolute atomic E-state index is 0. The van der Waals surface area contributed by atoms with Gasteiger partial charge in [-0.05, 0) is 6.42 Å². The van der Waals surface area contributed by atoms with Gasteiger partial charge in [0.1, 0.15) is 12.2 Å². The van der Waals surface area contributed by atoms with Crippen LogP contribution in [0.3, 0.4) is 0 Å². The van der Waals surface area contributed by atoms with Gasteiger partial charge >= 0.3 is 0 Å². The Kier molecular flexibility index (Phi) is 4.60. The van der Waals surface area contributed by atoms with Crippen LogP contribution in [-0.4, -0.2) is 46.8 Å². The van der Waals surface area contributed by atoms with Crippen molar-refractivity contribution in [1.29, 1.82) is 0 Å². The van der Waals surface area contributed by atoms with Gasteiger partial charge in [-0.15, -0.1) is 0 Å². The van der Waals surface area contributed by atoms with Gasteiger partial charge in [0.25, 0.3) is 0 Å². The lowest BCUT2D eigenvalue weighted by Gasteiger charge is -2.30. The summed E-state index contributed by atoms with van der Waals surface area (Å²) in [5, 5.41) is 26.7. The molecule has 0 spiro atoms. The number of hydrogen-bond acceptors (Lipinski definition) is 4. The van der Waals surface area contributed by atoms with E-state index in [0.29, 0.717) is 13.0 Å². The van der Waals surface area contributed by atoms with Crippen LogP contribution in [0.25, 0.3) is 0 Å². The van der Waals surface area contributed by atoms with E-state index in [2.05, 4.69) is 0 Å². The second kappa shape index (κ2) is 4.66. The maximum absolute atomic E-state index is 9.10. The monoisotopic (exact) mass is 164 g/mol. The lowest BCUT2D eigenvalue weighted by Crippen LogP contribution is -2.46. The summed E-state index contributed by atoms with van der Waals surface area (Å²) in [5.41, 5.74) is 0. The van der Waals surface area contributed by atoms with Crippen LogP contribution in [0.1, 0.15) is 13.8 Å². The van der Waals surface area contributed by atoms with Gasteiger partial charge in [-0.3, -0.25) is 0 Å². The molecule has 0 radical (unpaired) electrons. The van der Waals surface area contributed by atoms with Crippen LogP contribution in [-0.2, 0) is 4.74 Å². The second-order valence-electron chi connectivity index (χ2n) is 2.44. The van der Waals surface area contributed by atoms with E-state index in [1.807, 2.05) is 0 Å². The summed E-state index contributed by atoms with van der Waals surface area (Å²) in [6, 6.07) is 0. The first-order valence-electron chi connectivity index (χ1n) is 3.34. The first-order valence-corrected chi connectivity index (χ1v) is 3.34. The number of ether oxygens (including phenoxy) is 1. The molecule has 1 aliphatic heterocycles. The smallest absolute Gasteiger partial charge is 0.109 e. The summed E-state index contributed by atoms with van der Waals surface area (Å²) in [7, 11) is 0. The maximum atomic E-state index is 9.10. The predicted molar refractivity (Wildman–Crippen MR) is 40.2 cm³/mol. The molecule has 1 heterocycles. The summed E-state index contributed by atoms with van der Waals surface area (Å²) >= 11 is 0. The van der Waals surface area contributed by atoms with Crippen molar-refractivity contribution in [3.05, 3.63) is 0 Å². The minimum atomic E-state index is -0.932. The highest BCUT2D eigenvalue weighted by Crippen LogP contribution is 2.13. The zero-order valence-electron chi connectivity index (χ0n) is 5.60. The Morgan fingerprint density at radius 1 is 1.36 bits per heavy atom. The van der Waals surface area contributed by atoms with E-state index in [0.717, 1.165) is 0 Å². The fourth-order valence-electron chi connectivity index (χ4n) is 1.02. The number of aliphatic hydroxyl groups is 3. The molecule has 4 nitrogen and oxygen atoms in total. The molecule has 0 saturated carbocycles. The van der Waals surface area contributed by atoms with Gasteiger partial charge in [-0.1, -0.05) is 7.43 Å². The van der Waals surface area contributed by atoms with Crippen LogP contribution < -0.4 is 0 Å². The molecule has 3 unspecified atom stereocenters. The number of rotatable bonds is 1. The Balaban J connectivity index is 0.000001000. The van der Waals surface area contributed by atoms with Crippen LogP contribution in [0, 0.1) is 0 Å². The third-order valence-electron chi connectivity index (χ3n) is 1.70. The third-order valence-corrected chi connectivity index (χ3v) is 1.70. The molecule has 4 heteroatoms. The van der Waals surface area contributed by atoms with Crippen LogP contribution in [0.5, 0.6) is 0 Å². The van der Waals surface area contributed by atoms with E-state index in [4.69, 9.17) is 20.1 Å². The first kappa shape index (κ1) is 10.8. The van der Waals surface area contributed by atoms with Gasteiger partial charge < -0.3 is 20.1 Å². The van der Waals surface area contributed by atoms with Gasteiger partial charge in [0.05, 0.1) is 12.7 Å². The van der Waals surface area contributed by atoms with E-state index in [9.17, 15) is 0 Å². The van der Waals surface area contributed by atoms with Crippen molar-refractivity contribution in [3.63, 3.8) is 0 Å². The molecule has 0 amide bonds. The van der Waals surface area contributed by atoms with E-state index in [1.54, 1.807) is 0 Å². The summed E-state index contributed by atoms with van der Waals surface area (Å²) < 4.78 is 4.95. The van der Waals surface area contributed by atoms with Crippen LogP contribution in [0.4, 0.5) is 0 Å². The van der Waals surface area contributed by atoms with E-state index in [-0.39, 0.29) is 14.0 Å².